The third kappa shape index (κ3) is 7.39. The lowest BCUT2D eigenvalue weighted by atomic mass is 10.1. The first-order chi connectivity index (χ1) is 20.5. The van der Waals surface area contributed by atoms with Gasteiger partial charge in [0.2, 0.25) is 11.9 Å². The normalized spacial score (nSPS) is 11.2. The van der Waals surface area contributed by atoms with Gasteiger partial charge in [0.15, 0.2) is 0 Å². The predicted molar refractivity (Wildman–Crippen MR) is 174 cm³/mol. The van der Waals surface area contributed by atoms with Crippen molar-refractivity contribution >= 4 is 45.8 Å². The molecule has 4 rings (SSSR count). The summed E-state index contributed by atoms with van der Waals surface area (Å²) in [4.78, 5) is 39.1. The highest BCUT2D eigenvalue weighted by atomic mass is 16.5. The minimum absolute atomic E-state index is 0.190. The number of carbonyl (C=O) groups is 2. The van der Waals surface area contributed by atoms with Crippen molar-refractivity contribution in [1.82, 2.24) is 19.4 Å². The minimum atomic E-state index is -0.473. The zero-order chi connectivity index (χ0) is 31.3. The fourth-order valence-electron chi connectivity index (χ4n) is 4.67. The maximum absolute atomic E-state index is 13.2. The second-order valence-electron chi connectivity index (χ2n) is 11.3. The van der Waals surface area contributed by atoms with Crippen LogP contribution in [0, 0.1) is 12.8 Å². The zero-order valence-corrected chi connectivity index (χ0v) is 26.1. The Morgan fingerprint density at radius 3 is 2.56 bits per heavy atom. The number of rotatable bonds is 12. The van der Waals surface area contributed by atoms with E-state index in [2.05, 4.69) is 32.0 Å². The molecule has 0 saturated heterocycles. The van der Waals surface area contributed by atoms with E-state index in [0.29, 0.717) is 29.6 Å². The van der Waals surface area contributed by atoms with Crippen LogP contribution in [0.2, 0.25) is 0 Å². The van der Waals surface area contributed by atoms with Crippen molar-refractivity contribution in [2.24, 2.45) is 13.0 Å². The minimum Gasteiger partial charge on any atom is -0.462 e. The van der Waals surface area contributed by atoms with E-state index in [-0.39, 0.29) is 17.4 Å². The third-order valence-electron chi connectivity index (χ3n) is 7.03. The van der Waals surface area contributed by atoms with Crippen LogP contribution in [0.1, 0.15) is 29.8 Å². The molecule has 2 N–H and O–H groups in total. The number of hydrogen-bond acceptors (Lipinski definition) is 8. The van der Waals surface area contributed by atoms with Gasteiger partial charge in [0.1, 0.15) is 5.56 Å². The summed E-state index contributed by atoms with van der Waals surface area (Å²) in [5.74, 6) is -0.286. The molecule has 0 unspecified atom stereocenters. The van der Waals surface area contributed by atoms with E-state index >= 15 is 0 Å². The molecule has 0 aliphatic rings. The predicted octanol–water partition coefficient (Wildman–Crippen LogP) is 5.62. The number of likely N-dealkylation sites (N-methyl/N-ethyl adjacent to an activating group) is 2. The van der Waals surface area contributed by atoms with Gasteiger partial charge in [-0.1, -0.05) is 38.6 Å². The number of amides is 1. The van der Waals surface area contributed by atoms with Crippen LogP contribution in [0.25, 0.3) is 22.2 Å². The molecule has 4 aromatic rings. The summed E-state index contributed by atoms with van der Waals surface area (Å²) in [6.07, 6.45) is 4.71. The number of hydrogen-bond donors (Lipinski definition) is 2. The number of benzene rings is 2. The summed E-state index contributed by atoms with van der Waals surface area (Å²) in [5.41, 5.74) is 5.72. The number of nitrogens with one attached hydrogen (secondary N) is 2. The Labute approximate surface area is 253 Å². The van der Waals surface area contributed by atoms with Crippen LogP contribution in [-0.2, 0) is 16.6 Å². The van der Waals surface area contributed by atoms with Crippen LogP contribution < -0.4 is 15.5 Å². The van der Waals surface area contributed by atoms with Gasteiger partial charge in [0, 0.05) is 61.7 Å². The highest BCUT2D eigenvalue weighted by Crippen LogP contribution is 2.35. The molecule has 10 nitrogen and oxygen atoms in total. The summed E-state index contributed by atoms with van der Waals surface area (Å²) in [7, 11) is 8.00. The van der Waals surface area contributed by atoms with E-state index in [0.717, 1.165) is 40.8 Å². The molecule has 0 aliphatic heterocycles. The van der Waals surface area contributed by atoms with Gasteiger partial charge in [-0.25, -0.2) is 14.8 Å². The highest BCUT2D eigenvalue weighted by Gasteiger charge is 2.22. The number of para-hydroxylation sites is 1. The highest BCUT2D eigenvalue weighted by molar-refractivity contribution is 6.03. The van der Waals surface area contributed by atoms with Crippen LogP contribution in [-0.4, -0.2) is 72.2 Å². The smallest absolute Gasteiger partial charge is 0.341 e. The van der Waals surface area contributed by atoms with Crippen molar-refractivity contribution in [3.05, 3.63) is 72.6 Å². The Balaban J connectivity index is 1.77. The maximum atomic E-state index is 13.2. The van der Waals surface area contributed by atoms with E-state index in [1.54, 1.807) is 0 Å². The van der Waals surface area contributed by atoms with Gasteiger partial charge in [-0.2, -0.15) is 0 Å². The SMILES string of the molecule is C=CC(=O)Nc1cc(Nc2ncc(C(=O)OCC(C)C)c(-c3cn(C)c4ccccc34)n2)c(C)cc1N(C)CCN(C)C. The van der Waals surface area contributed by atoms with Crippen molar-refractivity contribution in [1.29, 1.82) is 0 Å². The molecule has 0 bridgehead atoms. The van der Waals surface area contributed by atoms with Gasteiger partial charge in [-0.05, 0) is 56.8 Å². The van der Waals surface area contributed by atoms with Gasteiger partial charge >= 0.3 is 5.97 Å². The lowest BCUT2D eigenvalue weighted by Crippen LogP contribution is -2.29. The summed E-state index contributed by atoms with van der Waals surface area (Å²) in [5, 5.41) is 7.21. The van der Waals surface area contributed by atoms with Crippen molar-refractivity contribution in [3.63, 3.8) is 0 Å². The average Bonchev–Trinajstić information content (AvgIpc) is 3.32. The van der Waals surface area contributed by atoms with E-state index in [4.69, 9.17) is 9.72 Å². The summed E-state index contributed by atoms with van der Waals surface area (Å²) in [6.45, 7) is 11.5. The monoisotopic (exact) mass is 583 g/mol. The number of nitrogens with zero attached hydrogens (tertiary/aromatic N) is 5. The van der Waals surface area contributed by atoms with E-state index in [1.807, 2.05) is 96.1 Å². The first kappa shape index (κ1) is 31.2. The fraction of sp³-hybridized carbons (Fsp3) is 0.333. The summed E-state index contributed by atoms with van der Waals surface area (Å²) in [6, 6.07) is 11.8. The molecule has 10 heteroatoms. The molecular formula is C33H41N7O3. The summed E-state index contributed by atoms with van der Waals surface area (Å²) >= 11 is 0. The van der Waals surface area contributed by atoms with Crippen molar-refractivity contribution in [2.45, 2.75) is 20.8 Å². The fourth-order valence-corrected chi connectivity index (χ4v) is 4.67. The Bertz CT molecular complexity index is 1640. The Hall–Kier alpha value is -4.70. The topological polar surface area (TPSA) is 105 Å². The Kier molecular flexibility index (Phi) is 9.82. The van der Waals surface area contributed by atoms with E-state index < -0.39 is 5.97 Å². The van der Waals surface area contributed by atoms with Gasteiger partial charge < -0.3 is 29.7 Å². The summed E-state index contributed by atoms with van der Waals surface area (Å²) < 4.78 is 7.59. The molecule has 1 amide bonds. The first-order valence-electron chi connectivity index (χ1n) is 14.3. The molecule has 2 aromatic carbocycles. The molecule has 43 heavy (non-hydrogen) atoms. The maximum Gasteiger partial charge on any atom is 0.341 e. The van der Waals surface area contributed by atoms with Gasteiger partial charge in [-0.15, -0.1) is 0 Å². The Morgan fingerprint density at radius 2 is 1.86 bits per heavy atom. The van der Waals surface area contributed by atoms with Gasteiger partial charge in [-0.3, -0.25) is 4.79 Å². The van der Waals surface area contributed by atoms with E-state index in [9.17, 15) is 9.59 Å². The number of aromatic nitrogens is 3. The van der Waals surface area contributed by atoms with Crippen LogP contribution in [0.3, 0.4) is 0 Å². The van der Waals surface area contributed by atoms with Crippen molar-refractivity contribution in [3.8, 4) is 11.3 Å². The molecule has 226 valence electrons. The lowest BCUT2D eigenvalue weighted by molar-refractivity contribution is -0.111. The molecular weight excluding hydrogens is 542 g/mol. The second kappa shape index (κ2) is 13.5. The molecule has 2 heterocycles. The molecule has 0 saturated carbocycles. The number of ether oxygens (including phenoxy) is 1. The molecule has 0 aliphatic carbocycles. The number of carbonyl (C=O) groups excluding carboxylic acids is 2. The van der Waals surface area contributed by atoms with Crippen molar-refractivity contribution in [2.75, 3.05) is 56.4 Å². The first-order valence-corrected chi connectivity index (χ1v) is 14.3. The number of esters is 1. The van der Waals surface area contributed by atoms with Crippen molar-refractivity contribution < 1.29 is 14.3 Å². The van der Waals surface area contributed by atoms with Crippen LogP contribution in [0.4, 0.5) is 23.0 Å². The van der Waals surface area contributed by atoms with Gasteiger partial charge in [0.25, 0.3) is 0 Å². The largest absolute Gasteiger partial charge is 0.462 e. The number of aryl methyl sites for hydroxylation is 2. The lowest BCUT2D eigenvalue weighted by Gasteiger charge is -2.25. The van der Waals surface area contributed by atoms with Crippen LogP contribution >= 0.6 is 0 Å². The molecule has 0 spiro atoms. The molecule has 2 aromatic heterocycles. The molecule has 0 radical (unpaired) electrons. The Morgan fingerprint density at radius 1 is 1.12 bits per heavy atom. The second-order valence-corrected chi connectivity index (χ2v) is 11.3. The standard InChI is InChI=1S/C33H41N7O3/c1-9-30(41)35-27-17-26(22(4)16-29(27)39(7)15-14-38(5)6)36-33-34-18-24(32(42)43-20-21(2)3)31(37-33)25-19-40(8)28-13-11-10-12-23(25)28/h9-13,16-19,21H,1,14-15,20H2,2-8H3,(H,35,41)(H,34,36,37). The number of fused-ring (bicyclic) bond motifs is 1. The van der Waals surface area contributed by atoms with E-state index in [1.165, 1.54) is 12.3 Å². The molecule has 0 fully saturated rings. The third-order valence-corrected chi connectivity index (χ3v) is 7.03. The quantitative estimate of drug-likeness (QED) is 0.164. The number of anilines is 4. The molecule has 0 atom stereocenters. The van der Waals surface area contributed by atoms with Crippen LogP contribution in [0.5, 0.6) is 0 Å². The zero-order valence-electron chi connectivity index (χ0n) is 26.1. The van der Waals surface area contributed by atoms with Crippen LogP contribution in [0.15, 0.2) is 61.4 Å². The average molecular weight is 584 g/mol. The van der Waals surface area contributed by atoms with Gasteiger partial charge in [0.05, 0.1) is 23.7 Å².